The van der Waals surface area contributed by atoms with E-state index in [1.54, 1.807) is 12.4 Å². The Hall–Kier alpha value is -1.21. The van der Waals surface area contributed by atoms with E-state index in [4.69, 9.17) is 4.74 Å². The molecule has 0 bridgehead atoms. The Morgan fingerprint density at radius 3 is 2.63 bits per heavy atom. The fraction of sp³-hybridized carbons (Fsp3) is 0.286. The number of halogens is 1. The molecule has 0 radical (unpaired) electrons. The van der Waals surface area contributed by atoms with Gasteiger partial charge in [0.25, 0.3) is 0 Å². The van der Waals surface area contributed by atoms with Crippen molar-refractivity contribution in [2.75, 3.05) is 6.54 Å². The molecule has 0 saturated carbocycles. The molecular formula is C14H16IN3O. The molecule has 1 aromatic heterocycles. The van der Waals surface area contributed by atoms with Crippen molar-refractivity contribution in [1.82, 2.24) is 15.3 Å². The summed E-state index contributed by atoms with van der Waals surface area (Å²) in [6.07, 6.45) is 4.70. The molecule has 1 heterocycles. The summed E-state index contributed by atoms with van der Waals surface area (Å²) in [5.41, 5.74) is 1.06. The summed E-state index contributed by atoms with van der Waals surface area (Å²) < 4.78 is 6.68. The maximum atomic E-state index is 5.64. The van der Waals surface area contributed by atoms with Gasteiger partial charge in [-0.05, 0) is 47.7 Å². The van der Waals surface area contributed by atoms with Crippen molar-refractivity contribution in [3.63, 3.8) is 0 Å². The Morgan fingerprint density at radius 1 is 1.21 bits per heavy atom. The van der Waals surface area contributed by atoms with E-state index in [2.05, 4.69) is 44.8 Å². The lowest BCUT2D eigenvalue weighted by Crippen LogP contribution is -2.14. The van der Waals surface area contributed by atoms with Gasteiger partial charge in [-0.3, -0.25) is 0 Å². The molecule has 0 fully saturated rings. The summed E-state index contributed by atoms with van der Waals surface area (Å²) in [7, 11) is 0. The van der Waals surface area contributed by atoms with Gasteiger partial charge < -0.3 is 10.1 Å². The van der Waals surface area contributed by atoms with Gasteiger partial charge in [0.2, 0.25) is 0 Å². The molecule has 0 saturated heterocycles. The Labute approximate surface area is 126 Å². The Kier molecular flexibility index (Phi) is 5.53. The van der Waals surface area contributed by atoms with Crippen molar-refractivity contribution in [3.05, 3.63) is 45.8 Å². The Balaban J connectivity index is 1.97. The van der Waals surface area contributed by atoms with Crippen LogP contribution in [0.3, 0.4) is 0 Å². The standard InChI is InChI=1S/C14H16IN3O/c1-2-7-16-8-11-9-17-14(18-10-11)19-13-6-4-3-5-12(13)15/h3-6,9-10,16H,2,7-8H2,1H3. The van der Waals surface area contributed by atoms with Gasteiger partial charge in [-0.1, -0.05) is 19.1 Å². The van der Waals surface area contributed by atoms with Gasteiger partial charge in [0, 0.05) is 24.5 Å². The molecule has 1 N–H and O–H groups in total. The molecule has 2 aromatic rings. The van der Waals surface area contributed by atoms with Crippen molar-refractivity contribution in [1.29, 1.82) is 0 Å². The largest absolute Gasteiger partial charge is 0.423 e. The molecule has 1 aromatic carbocycles. The molecule has 0 amide bonds. The zero-order chi connectivity index (χ0) is 13.5. The van der Waals surface area contributed by atoms with Crippen molar-refractivity contribution >= 4 is 22.6 Å². The topological polar surface area (TPSA) is 47.0 Å². The van der Waals surface area contributed by atoms with Gasteiger partial charge in [0.05, 0.1) is 3.57 Å². The van der Waals surface area contributed by atoms with Crippen LogP contribution in [0.5, 0.6) is 11.8 Å². The lowest BCUT2D eigenvalue weighted by molar-refractivity contribution is 0.437. The van der Waals surface area contributed by atoms with Gasteiger partial charge in [0.1, 0.15) is 5.75 Å². The highest BCUT2D eigenvalue weighted by Gasteiger charge is 2.03. The second-order valence-electron chi connectivity index (χ2n) is 4.08. The molecule has 0 spiro atoms. The third-order valence-corrected chi connectivity index (χ3v) is 3.37. The third kappa shape index (κ3) is 4.43. The van der Waals surface area contributed by atoms with Crippen LogP contribution < -0.4 is 10.1 Å². The average Bonchev–Trinajstić information content (AvgIpc) is 2.44. The average molecular weight is 369 g/mol. The lowest BCUT2D eigenvalue weighted by Gasteiger charge is -2.06. The fourth-order valence-electron chi connectivity index (χ4n) is 1.52. The number of aromatic nitrogens is 2. The van der Waals surface area contributed by atoms with E-state index in [-0.39, 0.29) is 0 Å². The summed E-state index contributed by atoms with van der Waals surface area (Å²) in [6, 6.07) is 8.17. The zero-order valence-corrected chi connectivity index (χ0v) is 12.9. The molecule has 5 heteroatoms. The predicted octanol–water partition coefficient (Wildman–Crippen LogP) is 3.37. The van der Waals surface area contributed by atoms with Crippen molar-refractivity contribution < 1.29 is 4.74 Å². The first-order valence-corrected chi connectivity index (χ1v) is 7.31. The molecule has 0 atom stereocenters. The lowest BCUT2D eigenvalue weighted by atomic mass is 10.3. The van der Waals surface area contributed by atoms with E-state index in [0.717, 1.165) is 34.4 Å². The second kappa shape index (κ2) is 7.40. The molecule has 4 nitrogen and oxygen atoms in total. The van der Waals surface area contributed by atoms with Crippen LogP contribution in [-0.2, 0) is 6.54 Å². The summed E-state index contributed by atoms with van der Waals surface area (Å²) in [5.74, 6) is 0.778. The summed E-state index contributed by atoms with van der Waals surface area (Å²) in [4.78, 5) is 8.43. The van der Waals surface area contributed by atoms with Gasteiger partial charge in [-0.15, -0.1) is 0 Å². The van der Waals surface area contributed by atoms with Gasteiger partial charge in [-0.2, -0.15) is 0 Å². The van der Waals surface area contributed by atoms with Gasteiger partial charge in [-0.25, -0.2) is 9.97 Å². The number of nitrogens with one attached hydrogen (secondary N) is 1. The SMILES string of the molecule is CCCNCc1cnc(Oc2ccccc2I)nc1. The minimum atomic E-state index is 0.378. The maximum Gasteiger partial charge on any atom is 0.321 e. The summed E-state index contributed by atoms with van der Waals surface area (Å²) >= 11 is 2.23. The van der Waals surface area contributed by atoms with Crippen molar-refractivity contribution in [2.24, 2.45) is 0 Å². The van der Waals surface area contributed by atoms with Crippen LogP contribution in [0.25, 0.3) is 0 Å². The molecule has 0 aliphatic rings. The molecular weight excluding hydrogens is 353 g/mol. The Bertz CT molecular complexity index is 516. The summed E-state index contributed by atoms with van der Waals surface area (Å²) in [6.45, 7) is 3.93. The van der Waals surface area contributed by atoms with E-state index in [9.17, 15) is 0 Å². The van der Waals surface area contributed by atoms with Crippen LogP contribution in [0.15, 0.2) is 36.7 Å². The molecule has 2 rings (SSSR count). The highest BCUT2D eigenvalue weighted by molar-refractivity contribution is 14.1. The smallest absolute Gasteiger partial charge is 0.321 e. The van der Waals surface area contributed by atoms with E-state index in [1.807, 2.05) is 24.3 Å². The highest BCUT2D eigenvalue weighted by atomic mass is 127. The Morgan fingerprint density at radius 2 is 1.95 bits per heavy atom. The number of benzene rings is 1. The molecule has 0 aliphatic heterocycles. The van der Waals surface area contributed by atoms with Crippen molar-refractivity contribution in [2.45, 2.75) is 19.9 Å². The minimum Gasteiger partial charge on any atom is -0.423 e. The fourth-order valence-corrected chi connectivity index (χ4v) is 2.02. The van der Waals surface area contributed by atoms with E-state index in [0.29, 0.717) is 6.01 Å². The van der Waals surface area contributed by atoms with Crippen LogP contribution in [0, 0.1) is 3.57 Å². The number of hydrogen-bond donors (Lipinski definition) is 1. The van der Waals surface area contributed by atoms with E-state index >= 15 is 0 Å². The maximum absolute atomic E-state index is 5.64. The number of nitrogens with zero attached hydrogens (tertiary/aromatic N) is 2. The minimum absolute atomic E-state index is 0.378. The number of para-hydroxylation sites is 1. The van der Waals surface area contributed by atoms with Crippen molar-refractivity contribution in [3.8, 4) is 11.8 Å². The number of hydrogen-bond acceptors (Lipinski definition) is 4. The zero-order valence-electron chi connectivity index (χ0n) is 10.8. The number of ether oxygens (including phenoxy) is 1. The van der Waals surface area contributed by atoms with E-state index < -0.39 is 0 Å². The van der Waals surface area contributed by atoms with Crippen LogP contribution in [0.2, 0.25) is 0 Å². The normalized spacial score (nSPS) is 10.4. The molecule has 19 heavy (non-hydrogen) atoms. The van der Waals surface area contributed by atoms with Gasteiger partial charge >= 0.3 is 6.01 Å². The quantitative estimate of drug-likeness (QED) is 0.627. The molecule has 0 aliphatic carbocycles. The summed E-state index contributed by atoms with van der Waals surface area (Å²) in [5, 5.41) is 3.31. The predicted molar refractivity (Wildman–Crippen MR) is 83.3 cm³/mol. The first-order chi connectivity index (χ1) is 9.29. The monoisotopic (exact) mass is 369 g/mol. The third-order valence-electron chi connectivity index (χ3n) is 2.48. The van der Waals surface area contributed by atoms with Crippen LogP contribution >= 0.6 is 22.6 Å². The van der Waals surface area contributed by atoms with Crippen LogP contribution in [-0.4, -0.2) is 16.5 Å². The van der Waals surface area contributed by atoms with Crippen LogP contribution in [0.4, 0.5) is 0 Å². The first-order valence-electron chi connectivity index (χ1n) is 6.23. The van der Waals surface area contributed by atoms with Crippen LogP contribution in [0.1, 0.15) is 18.9 Å². The first kappa shape index (κ1) is 14.2. The molecule has 100 valence electrons. The second-order valence-corrected chi connectivity index (χ2v) is 5.25. The van der Waals surface area contributed by atoms with Gasteiger partial charge in [0.15, 0.2) is 0 Å². The number of rotatable bonds is 6. The molecule has 0 unspecified atom stereocenters. The highest BCUT2D eigenvalue weighted by Crippen LogP contribution is 2.23. The van der Waals surface area contributed by atoms with E-state index in [1.165, 1.54) is 0 Å².